The Morgan fingerprint density at radius 2 is 2.06 bits per heavy atom. The van der Waals surface area contributed by atoms with Crippen LogP contribution >= 0.6 is 0 Å². The van der Waals surface area contributed by atoms with Crippen LogP contribution < -0.4 is 11.1 Å². The molecule has 3 N–H and O–H groups in total. The lowest BCUT2D eigenvalue weighted by Crippen LogP contribution is -2.44. The topological polar surface area (TPSA) is 68.0 Å². The molecule has 1 aromatic heterocycles. The summed E-state index contributed by atoms with van der Waals surface area (Å²) in [4.78, 5) is 15.9. The largest absolute Gasteiger partial charge is 0.347 e. The van der Waals surface area contributed by atoms with E-state index in [1.165, 1.54) is 0 Å². The van der Waals surface area contributed by atoms with Crippen LogP contribution in [-0.4, -0.2) is 16.9 Å². The van der Waals surface area contributed by atoms with Crippen molar-refractivity contribution >= 4 is 5.91 Å². The number of nitrogens with one attached hydrogen (secondary N) is 1. The van der Waals surface area contributed by atoms with Gasteiger partial charge >= 0.3 is 0 Å². The molecule has 0 spiro atoms. The second-order valence-corrected chi connectivity index (χ2v) is 4.25. The van der Waals surface area contributed by atoms with Gasteiger partial charge in [-0.1, -0.05) is 19.9 Å². The Balaban J connectivity index is 2.58. The SMILES string of the molecule is CC(C)C(N)C(=O)N[C@@H](C)c1ccccn1. The van der Waals surface area contributed by atoms with Crippen molar-refractivity contribution in [1.29, 1.82) is 0 Å². The van der Waals surface area contributed by atoms with Gasteiger partial charge in [0.15, 0.2) is 0 Å². The average Bonchev–Trinajstić information content (AvgIpc) is 2.28. The van der Waals surface area contributed by atoms with Crippen molar-refractivity contribution in [2.45, 2.75) is 32.9 Å². The van der Waals surface area contributed by atoms with Crippen LogP contribution in [0.15, 0.2) is 24.4 Å². The molecule has 2 atom stereocenters. The minimum atomic E-state index is -0.467. The van der Waals surface area contributed by atoms with Crippen molar-refractivity contribution in [3.05, 3.63) is 30.1 Å². The third-order valence-electron chi connectivity index (χ3n) is 2.51. The molecule has 0 aliphatic heterocycles. The minimum Gasteiger partial charge on any atom is -0.347 e. The molecule has 16 heavy (non-hydrogen) atoms. The van der Waals surface area contributed by atoms with Crippen molar-refractivity contribution in [2.75, 3.05) is 0 Å². The number of nitrogens with zero attached hydrogens (tertiary/aromatic N) is 1. The fourth-order valence-electron chi connectivity index (χ4n) is 1.32. The van der Waals surface area contributed by atoms with Gasteiger partial charge in [-0.3, -0.25) is 9.78 Å². The van der Waals surface area contributed by atoms with Crippen LogP contribution in [0.2, 0.25) is 0 Å². The van der Waals surface area contributed by atoms with Gasteiger partial charge in [-0.15, -0.1) is 0 Å². The van der Waals surface area contributed by atoms with Crippen molar-refractivity contribution in [3.63, 3.8) is 0 Å². The van der Waals surface area contributed by atoms with E-state index in [0.29, 0.717) is 0 Å². The van der Waals surface area contributed by atoms with Crippen molar-refractivity contribution in [1.82, 2.24) is 10.3 Å². The van der Waals surface area contributed by atoms with Gasteiger partial charge in [0.2, 0.25) is 5.91 Å². The molecule has 0 saturated carbocycles. The highest BCUT2D eigenvalue weighted by molar-refractivity contribution is 5.82. The zero-order chi connectivity index (χ0) is 12.1. The number of aromatic nitrogens is 1. The lowest BCUT2D eigenvalue weighted by molar-refractivity contribution is -0.123. The Kier molecular flexibility index (Phi) is 4.43. The number of nitrogens with two attached hydrogens (primary N) is 1. The fraction of sp³-hybridized carbons (Fsp3) is 0.500. The highest BCUT2D eigenvalue weighted by atomic mass is 16.2. The maximum absolute atomic E-state index is 11.7. The Labute approximate surface area is 96.3 Å². The van der Waals surface area contributed by atoms with Gasteiger partial charge < -0.3 is 11.1 Å². The molecule has 0 radical (unpaired) electrons. The van der Waals surface area contributed by atoms with Gasteiger partial charge in [0, 0.05) is 6.20 Å². The third-order valence-corrected chi connectivity index (χ3v) is 2.51. The summed E-state index contributed by atoms with van der Waals surface area (Å²) in [6.07, 6.45) is 1.71. The van der Waals surface area contributed by atoms with Crippen molar-refractivity contribution < 1.29 is 4.79 Å². The summed E-state index contributed by atoms with van der Waals surface area (Å²) >= 11 is 0. The molecule has 0 saturated heterocycles. The second kappa shape index (κ2) is 5.61. The van der Waals surface area contributed by atoms with E-state index in [9.17, 15) is 4.79 Å². The van der Waals surface area contributed by atoms with Crippen molar-refractivity contribution in [2.24, 2.45) is 11.7 Å². The smallest absolute Gasteiger partial charge is 0.237 e. The number of carbonyl (C=O) groups excluding carboxylic acids is 1. The normalized spacial score (nSPS) is 14.6. The Morgan fingerprint density at radius 1 is 1.38 bits per heavy atom. The summed E-state index contributed by atoms with van der Waals surface area (Å²) in [5.41, 5.74) is 6.59. The van der Waals surface area contributed by atoms with Gasteiger partial charge in [-0.05, 0) is 25.0 Å². The monoisotopic (exact) mass is 221 g/mol. The molecular weight excluding hydrogens is 202 g/mol. The zero-order valence-corrected chi connectivity index (χ0v) is 9.97. The first-order valence-corrected chi connectivity index (χ1v) is 5.49. The molecule has 4 nitrogen and oxygen atoms in total. The maximum Gasteiger partial charge on any atom is 0.237 e. The Hall–Kier alpha value is -1.42. The van der Waals surface area contributed by atoms with Crippen LogP contribution in [0.1, 0.15) is 32.5 Å². The van der Waals surface area contributed by atoms with Gasteiger partial charge in [0.1, 0.15) is 0 Å². The number of hydrogen-bond acceptors (Lipinski definition) is 3. The maximum atomic E-state index is 11.7. The first kappa shape index (κ1) is 12.6. The number of hydrogen-bond donors (Lipinski definition) is 2. The van der Waals surface area contributed by atoms with Crippen LogP contribution in [0.25, 0.3) is 0 Å². The number of carbonyl (C=O) groups is 1. The van der Waals surface area contributed by atoms with E-state index in [2.05, 4.69) is 10.3 Å². The van der Waals surface area contributed by atoms with Gasteiger partial charge in [0.05, 0.1) is 17.8 Å². The predicted octanol–water partition coefficient (Wildman–Crippen LogP) is 1.24. The van der Waals surface area contributed by atoms with E-state index in [1.54, 1.807) is 6.20 Å². The van der Waals surface area contributed by atoms with Crippen LogP contribution in [0.3, 0.4) is 0 Å². The standard InChI is InChI=1S/C12H19N3O/c1-8(2)11(13)12(16)15-9(3)10-6-4-5-7-14-10/h4-9,11H,13H2,1-3H3,(H,15,16)/t9-,11?/m0/s1. The molecule has 1 unspecified atom stereocenters. The van der Waals surface area contributed by atoms with Gasteiger partial charge in [-0.2, -0.15) is 0 Å². The molecule has 88 valence electrons. The summed E-state index contributed by atoms with van der Waals surface area (Å²) in [6, 6.07) is 5.04. The first-order valence-electron chi connectivity index (χ1n) is 5.49. The lowest BCUT2D eigenvalue weighted by atomic mass is 10.0. The first-order chi connectivity index (χ1) is 7.52. The van der Waals surface area contributed by atoms with Crippen LogP contribution in [0.5, 0.6) is 0 Å². The minimum absolute atomic E-state index is 0.113. The molecule has 0 aromatic carbocycles. The summed E-state index contributed by atoms with van der Waals surface area (Å²) in [5.74, 6) is 0.00378. The van der Waals surface area contributed by atoms with Crippen LogP contribution in [0, 0.1) is 5.92 Å². The molecule has 0 aliphatic carbocycles. The molecule has 1 rings (SSSR count). The zero-order valence-electron chi connectivity index (χ0n) is 9.97. The summed E-state index contributed by atoms with van der Waals surface area (Å²) in [7, 11) is 0. The molecule has 0 aliphatic rings. The number of rotatable bonds is 4. The van der Waals surface area contributed by atoms with Gasteiger partial charge in [-0.25, -0.2) is 0 Å². The van der Waals surface area contributed by atoms with Crippen molar-refractivity contribution in [3.8, 4) is 0 Å². The lowest BCUT2D eigenvalue weighted by Gasteiger charge is -2.19. The summed E-state index contributed by atoms with van der Waals surface area (Å²) in [5, 5.41) is 2.85. The Morgan fingerprint density at radius 3 is 2.56 bits per heavy atom. The molecule has 1 heterocycles. The van der Waals surface area contributed by atoms with Crippen LogP contribution in [-0.2, 0) is 4.79 Å². The average molecular weight is 221 g/mol. The van der Waals surface area contributed by atoms with E-state index < -0.39 is 6.04 Å². The summed E-state index contributed by atoms with van der Waals surface area (Å²) in [6.45, 7) is 5.75. The summed E-state index contributed by atoms with van der Waals surface area (Å²) < 4.78 is 0. The van der Waals surface area contributed by atoms with Crippen LogP contribution in [0.4, 0.5) is 0 Å². The van der Waals surface area contributed by atoms with E-state index in [0.717, 1.165) is 5.69 Å². The molecule has 1 aromatic rings. The quantitative estimate of drug-likeness (QED) is 0.803. The molecule has 0 fully saturated rings. The Bertz CT molecular complexity index is 337. The molecule has 1 amide bonds. The third kappa shape index (κ3) is 3.31. The molecule has 0 bridgehead atoms. The second-order valence-electron chi connectivity index (χ2n) is 4.25. The van der Waals surface area contributed by atoms with E-state index in [-0.39, 0.29) is 17.9 Å². The predicted molar refractivity (Wildman–Crippen MR) is 63.6 cm³/mol. The van der Waals surface area contributed by atoms with E-state index in [1.807, 2.05) is 39.0 Å². The highest BCUT2D eigenvalue weighted by Crippen LogP contribution is 2.09. The van der Waals surface area contributed by atoms with E-state index >= 15 is 0 Å². The fourth-order valence-corrected chi connectivity index (χ4v) is 1.32. The number of amides is 1. The van der Waals surface area contributed by atoms with E-state index in [4.69, 9.17) is 5.73 Å². The molecular formula is C12H19N3O. The highest BCUT2D eigenvalue weighted by Gasteiger charge is 2.19. The van der Waals surface area contributed by atoms with Gasteiger partial charge in [0.25, 0.3) is 0 Å². The number of pyridine rings is 1. The molecule has 4 heteroatoms.